The van der Waals surface area contributed by atoms with E-state index in [4.69, 9.17) is 0 Å². The number of allylic oxidation sites excluding steroid dienone is 3. The van der Waals surface area contributed by atoms with Crippen molar-refractivity contribution in [3.05, 3.63) is 21.1 Å². The average molecular weight is 494 g/mol. The van der Waals surface area contributed by atoms with E-state index in [-0.39, 0.29) is 29.1 Å². The van der Waals surface area contributed by atoms with Crippen molar-refractivity contribution in [3.63, 3.8) is 0 Å². The summed E-state index contributed by atoms with van der Waals surface area (Å²) in [6, 6.07) is 0. The van der Waals surface area contributed by atoms with E-state index in [0.717, 1.165) is 0 Å². The lowest BCUT2D eigenvalue weighted by Gasteiger charge is -2.27. The molecule has 0 radical (unpaired) electrons. The molecule has 0 aromatic rings. The van der Waals surface area contributed by atoms with Crippen LogP contribution in [-0.4, -0.2) is 30.6 Å². The minimum atomic E-state index is -6.65. The Morgan fingerprint density at radius 1 is 1.08 bits per heavy atom. The summed E-state index contributed by atoms with van der Waals surface area (Å²) in [6.45, 7) is 3.00. The van der Waals surface area contributed by atoms with Crippen LogP contribution in [0, 0.1) is 0 Å². The number of rotatable bonds is 8. The molecule has 0 amide bonds. The van der Waals surface area contributed by atoms with Crippen LogP contribution in [0.15, 0.2) is 21.1 Å². The summed E-state index contributed by atoms with van der Waals surface area (Å²) in [7, 11) is 0. The maximum Gasteiger partial charge on any atom is 0.460 e. The van der Waals surface area contributed by atoms with Crippen molar-refractivity contribution in [2.75, 3.05) is 6.61 Å². The lowest BCUT2D eigenvalue weighted by atomic mass is 10.0. The Hall–Kier alpha value is -0.880. The molecule has 0 bridgehead atoms. The van der Waals surface area contributed by atoms with Gasteiger partial charge < -0.3 is 4.74 Å². The molecule has 0 aliphatic rings. The standard InChI is InChI=1S/C14H15F8IO2/c1-3-5-6-8(10(23)11(24)25-4-2)7-9(15)12(16,17)13(18,19)14(20,21)22/h7H,3-6H2,1-2H3/b9-7-,10-8+. The second kappa shape index (κ2) is 9.17. The highest BCUT2D eigenvalue weighted by Gasteiger charge is 2.74. The zero-order chi connectivity index (χ0) is 20.1. The normalized spacial score (nSPS) is 15.1. The number of carbonyl (C=O) groups is 1. The quantitative estimate of drug-likeness (QED) is 0.134. The molecule has 0 aromatic carbocycles. The first kappa shape index (κ1) is 24.1. The van der Waals surface area contributed by atoms with Crippen molar-refractivity contribution >= 4 is 28.6 Å². The van der Waals surface area contributed by atoms with Gasteiger partial charge in [-0.1, -0.05) is 13.3 Å². The Bertz CT molecular complexity index is 537. The van der Waals surface area contributed by atoms with E-state index in [1.54, 1.807) is 6.92 Å². The highest BCUT2D eigenvalue weighted by atomic mass is 127. The summed E-state index contributed by atoms with van der Waals surface area (Å²) in [5.41, 5.74) is -0.448. The third-order valence-electron chi connectivity index (χ3n) is 2.89. The summed E-state index contributed by atoms with van der Waals surface area (Å²) >= 11 is 1.33. The molecular weight excluding hydrogens is 479 g/mol. The maximum absolute atomic E-state index is 13.6. The molecule has 0 aliphatic carbocycles. The van der Waals surface area contributed by atoms with Crippen LogP contribution in [0.5, 0.6) is 0 Å². The summed E-state index contributed by atoms with van der Waals surface area (Å²) < 4.78 is 107. The van der Waals surface area contributed by atoms with Crippen molar-refractivity contribution in [1.82, 2.24) is 0 Å². The molecule has 0 aliphatic heterocycles. The van der Waals surface area contributed by atoms with E-state index in [1.165, 1.54) is 29.5 Å². The molecule has 146 valence electrons. The summed E-state index contributed by atoms with van der Waals surface area (Å²) in [6.07, 6.45) is -6.26. The number of esters is 1. The SMILES string of the molecule is CCCCC(/C=C(\F)C(F)(F)C(F)(F)C(F)(F)F)=C(\I)C(=O)OCC. The lowest BCUT2D eigenvalue weighted by molar-refractivity contribution is -0.347. The Morgan fingerprint density at radius 2 is 1.60 bits per heavy atom. The van der Waals surface area contributed by atoms with E-state index in [0.29, 0.717) is 6.42 Å². The van der Waals surface area contributed by atoms with Gasteiger partial charge in [-0.2, -0.15) is 30.7 Å². The first-order valence-electron chi connectivity index (χ1n) is 6.99. The minimum absolute atomic E-state index is 0.0963. The summed E-state index contributed by atoms with van der Waals surface area (Å²) in [5.74, 6) is -16.7. The first-order valence-corrected chi connectivity index (χ1v) is 8.07. The number of carbonyl (C=O) groups excluding carboxylic acids is 1. The molecule has 25 heavy (non-hydrogen) atoms. The van der Waals surface area contributed by atoms with Crippen molar-refractivity contribution < 1.29 is 44.7 Å². The Labute approximate surface area is 152 Å². The molecule has 0 atom stereocenters. The van der Waals surface area contributed by atoms with E-state index in [2.05, 4.69) is 4.74 Å². The fraction of sp³-hybridized carbons (Fsp3) is 0.643. The van der Waals surface area contributed by atoms with Crippen LogP contribution in [0.3, 0.4) is 0 Å². The van der Waals surface area contributed by atoms with Gasteiger partial charge in [0.1, 0.15) is 3.58 Å². The first-order chi connectivity index (χ1) is 11.2. The van der Waals surface area contributed by atoms with Crippen LogP contribution < -0.4 is 0 Å². The van der Waals surface area contributed by atoms with Gasteiger partial charge in [0.05, 0.1) is 6.61 Å². The lowest BCUT2D eigenvalue weighted by Crippen LogP contribution is -2.52. The van der Waals surface area contributed by atoms with Crippen LogP contribution >= 0.6 is 22.6 Å². The molecule has 0 aromatic heterocycles. The number of halogens is 9. The van der Waals surface area contributed by atoms with Gasteiger partial charge >= 0.3 is 24.0 Å². The minimum Gasteiger partial charge on any atom is -0.462 e. The molecule has 0 rings (SSSR count). The van der Waals surface area contributed by atoms with Crippen LogP contribution in [0.25, 0.3) is 0 Å². The smallest absolute Gasteiger partial charge is 0.460 e. The van der Waals surface area contributed by atoms with Crippen molar-refractivity contribution in [3.8, 4) is 0 Å². The fourth-order valence-corrected chi connectivity index (χ4v) is 2.09. The van der Waals surface area contributed by atoms with Crippen LogP contribution in [0.2, 0.25) is 0 Å². The van der Waals surface area contributed by atoms with E-state index in [1.807, 2.05) is 0 Å². The molecule has 2 nitrogen and oxygen atoms in total. The van der Waals surface area contributed by atoms with E-state index < -0.39 is 35.4 Å². The van der Waals surface area contributed by atoms with Gasteiger partial charge in [-0.25, -0.2) is 9.18 Å². The zero-order valence-corrected chi connectivity index (χ0v) is 15.3. The third kappa shape index (κ3) is 5.81. The number of ether oxygens (including phenoxy) is 1. The second-order valence-electron chi connectivity index (χ2n) is 4.80. The van der Waals surface area contributed by atoms with Crippen LogP contribution in [0.4, 0.5) is 35.1 Å². The monoisotopic (exact) mass is 494 g/mol. The van der Waals surface area contributed by atoms with Crippen LogP contribution in [-0.2, 0) is 9.53 Å². The van der Waals surface area contributed by atoms with Crippen LogP contribution in [0.1, 0.15) is 33.1 Å². The molecule has 0 saturated heterocycles. The number of hydrogen-bond acceptors (Lipinski definition) is 2. The molecule has 0 heterocycles. The highest BCUT2D eigenvalue weighted by molar-refractivity contribution is 14.1. The second-order valence-corrected chi connectivity index (χ2v) is 5.88. The number of hydrogen-bond donors (Lipinski definition) is 0. The average Bonchev–Trinajstić information content (AvgIpc) is 2.49. The van der Waals surface area contributed by atoms with Gasteiger partial charge in [-0.3, -0.25) is 0 Å². The van der Waals surface area contributed by atoms with Crippen molar-refractivity contribution in [2.24, 2.45) is 0 Å². The Balaban J connectivity index is 6.00. The molecule has 0 spiro atoms. The summed E-state index contributed by atoms with van der Waals surface area (Å²) in [5, 5.41) is 0. The Kier molecular flexibility index (Phi) is 8.85. The number of unbranched alkanes of at least 4 members (excludes halogenated alkanes) is 1. The molecule has 11 heteroatoms. The van der Waals surface area contributed by atoms with E-state index >= 15 is 0 Å². The zero-order valence-electron chi connectivity index (χ0n) is 13.1. The van der Waals surface area contributed by atoms with Gasteiger partial charge in [0.15, 0.2) is 5.83 Å². The molecule has 0 saturated carbocycles. The highest BCUT2D eigenvalue weighted by Crippen LogP contribution is 2.50. The fourth-order valence-electron chi connectivity index (χ4n) is 1.51. The molecule has 0 fully saturated rings. The third-order valence-corrected chi connectivity index (χ3v) is 4.02. The largest absolute Gasteiger partial charge is 0.462 e. The van der Waals surface area contributed by atoms with Gasteiger partial charge in [0.2, 0.25) is 0 Å². The molecular formula is C14H15F8IO2. The predicted octanol–water partition coefficient (Wildman–Crippen LogP) is 6.12. The number of alkyl halides is 7. The van der Waals surface area contributed by atoms with E-state index in [9.17, 15) is 39.9 Å². The van der Waals surface area contributed by atoms with Crippen molar-refractivity contribution in [2.45, 2.75) is 51.1 Å². The van der Waals surface area contributed by atoms with Gasteiger partial charge in [-0.05, 0) is 54.0 Å². The van der Waals surface area contributed by atoms with Crippen molar-refractivity contribution in [1.29, 1.82) is 0 Å². The molecule has 0 unspecified atom stereocenters. The summed E-state index contributed by atoms with van der Waals surface area (Å²) in [4.78, 5) is 11.6. The molecule has 0 N–H and O–H groups in total. The predicted molar refractivity (Wildman–Crippen MR) is 82.3 cm³/mol. The van der Waals surface area contributed by atoms with Gasteiger partial charge in [-0.15, -0.1) is 0 Å². The maximum atomic E-state index is 13.6. The topological polar surface area (TPSA) is 26.3 Å². The Morgan fingerprint density at radius 3 is 2.00 bits per heavy atom. The van der Waals surface area contributed by atoms with Gasteiger partial charge in [0.25, 0.3) is 0 Å². The van der Waals surface area contributed by atoms with Gasteiger partial charge in [0, 0.05) is 0 Å².